The molecule has 56 valence electrons. The topological polar surface area (TPSA) is 12.9 Å². The highest BCUT2D eigenvalue weighted by atomic mass is 14.7. The summed E-state index contributed by atoms with van der Waals surface area (Å²) in [5.74, 6) is 0. The van der Waals surface area contributed by atoms with Gasteiger partial charge in [0.2, 0.25) is 0 Å². The second-order valence-corrected chi connectivity index (χ2v) is 2.43. The molecule has 0 unspecified atom stereocenters. The molecule has 0 spiro atoms. The van der Waals surface area contributed by atoms with Crippen LogP contribution in [0.2, 0.25) is 0 Å². The van der Waals surface area contributed by atoms with E-state index in [1.807, 2.05) is 13.8 Å². The van der Waals surface area contributed by atoms with E-state index >= 15 is 0 Å². The Balaban J connectivity index is 0.000000810. The van der Waals surface area contributed by atoms with Crippen molar-refractivity contribution in [2.45, 2.75) is 28.2 Å². The second-order valence-electron chi connectivity index (χ2n) is 2.43. The van der Waals surface area contributed by atoms with Gasteiger partial charge < -0.3 is 0 Å². The fourth-order valence-corrected chi connectivity index (χ4v) is 1.04. The highest BCUT2D eigenvalue weighted by Crippen LogP contribution is 2.01. The lowest BCUT2D eigenvalue weighted by molar-refractivity contribution is 1.10. The summed E-state index contributed by atoms with van der Waals surface area (Å²) in [5.41, 5.74) is 3.50. The van der Waals surface area contributed by atoms with Gasteiger partial charge in [-0.3, -0.25) is 4.98 Å². The Hall–Kier alpha value is -0.850. The van der Waals surface area contributed by atoms with Crippen LogP contribution in [-0.2, 0) is 0 Å². The standard InChI is InChI=1S/C8H11N.CH4/c1-6-4-7(2)9-8(3)5-6;/h4-5H,1-3H3;1H4. The zero-order valence-electron chi connectivity index (χ0n) is 6.10. The molecule has 1 aromatic rings. The van der Waals surface area contributed by atoms with Gasteiger partial charge in [0.05, 0.1) is 0 Å². The van der Waals surface area contributed by atoms with Gasteiger partial charge in [0.15, 0.2) is 0 Å². The van der Waals surface area contributed by atoms with E-state index in [0.29, 0.717) is 0 Å². The van der Waals surface area contributed by atoms with Crippen LogP contribution in [0.25, 0.3) is 0 Å². The SMILES string of the molecule is C.Cc1cc(C)nc(C)c1. The van der Waals surface area contributed by atoms with Gasteiger partial charge in [-0.1, -0.05) is 7.43 Å². The first-order valence-electron chi connectivity index (χ1n) is 3.10. The van der Waals surface area contributed by atoms with Crippen molar-refractivity contribution in [3.63, 3.8) is 0 Å². The molecule has 0 aliphatic rings. The molecule has 0 fully saturated rings. The number of hydrogen-bond donors (Lipinski definition) is 0. The van der Waals surface area contributed by atoms with Gasteiger partial charge in [-0.2, -0.15) is 0 Å². The molecular weight excluding hydrogens is 122 g/mol. The van der Waals surface area contributed by atoms with Crippen molar-refractivity contribution in [1.82, 2.24) is 4.98 Å². The lowest BCUT2D eigenvalue weighted by Crippen LogP contribution is -1.85. The Labute approximate surface area is 63.1 Å². The monoisotopic (exact) mass is 137 g/mol. The number of aromatic nitrogens is 1. The maximum absolute atomic E-state index is 4.23. The van der Waals surface area contributed by atoms with Crippen LogP contribution >= 0.6 is 0 Å². The van der Waals surface area contributed by atoms with Gasteiger partial charge in [-0.25, -0.2) is 0 Å². The minimum Gasteiger partial charge on any atom is -0.258 e. The zero-order chi connectivity index (χ0) is 6.85. The molecule has 1 aromatic heterocycles. The minimum atomic E-state index is 0. The summed E-state index contributed by atoms with van der Waals surface area (Å²) in [6.07, 6.45) is 0. The molecule has 1 nitrogen and oxygen atoms in total. The first kappa shape index (κ1) is 9.15. The summed E-state index contributed by atoms with van der Waals surface area (Å²) in [6, 6.07) is 4.15. The molecule has 0 amide bonds. The predicted octanol–water partition coefficient (Wildman–Crippen LogP) is 2.64. The number of hydrogen-bond acceptors (Lipinski definition) is 1. The van der Waals surface area contributed by atoms with Crippen LogP contribution in [0.3, 0.4) is 0 Å². The maximum atomic E-state index is 4.23. The third-order valence-corrected chi connectivity index (χ3v) is 1.23. The number of pyridine rings is 1. The van der Waals surface area contributed by atoms with Crippen molar-refractivity contribution in [2.75, 3.05) is 0 Å². The summed E-state index contributed by atoms with van der Waals surface area (Å²) >= 11 is 0. The van der Waals surface area contributed by atoms with E-state index in [9.17, 15) is 0 Å². The van der Waals surface area contributed by atoms with E-state index in [-0.39, 0.29) is 7.43 Å². The van der Waals surface area contributed by atoms with Crippen LogP contribution in [0, 0.1) is 20.8 Å². The van der Waals surface area contributed by atoms with Gasteiger partial charge in [0, 0.05) is 11.4 Å². The van der Waals surface area contributed by atoms with Crippen LogP contribution in [0.1, 0.15) is 24.4 Å². The van der Waals surface area contributed by atoms with Crippen LogP contribution < -0.4 is 0 Å². The summed E-state index contributed by atoms with van der Waals surface area (Å²) in [7, 11) is 0. The van der Waals surface area contributed by atoms with E-state index < -0.39 is 0 Å². The molecule has 0 N–H and O–H groups in total. The third-order valence-electron chi connectivity index (χ3n) is 1.23. The van der Waals surface area contributed by atoms with Crippen molar-refractivity contribution in [2.24, 2.45) is 0 Å². The largest absolute Gasteiger partial charge is 0.258 e. The quantitative estimate of drug-likeness (QED) is 0.535. The van der Waals surface area contributed by atoms with E-state index in [4.69, 9.17) is 0 Å². The van der Waals surface area contributed by atoms with E-state index in [0.717, 1.165) is 11.4 Å². The Morgan fingerprint density at radius 2 is 1.40 bits per heavy atom. The molecule has 0 aliphatic carbocycles. The summed E-state index contributed by atoms with van der Waals surface area (Å²) in [4.78, 5) is 4.23. The Kier molecular flexibility index (Phi) is 3.07. The summed E-state index contributed by atoms with van der Waals surface area (Å²) < 4.78 is 0. The Morgan fingerprint density at radius 3 is 1.70 bits per heavy atom. The van der Waals surface area contributed by atoms with Gasteiger partial charge in [0.1, 0.15) is 0 Å². The fraction of sp³-hybridized carbons (Fsp3) is 0.444. The van der Waals surface area contributed by atoms with Crippen molar-refractivity contribution >= 4 is 0 Å². The molecule has 0 radical (unpaired) electrons. The minimum absolute atomic E-state index is 0. The zero-order valence-corrected chi connectivity index (χ0v) is 6.10. The highest BCUT2D eigenvalue weighted by Gasteiger charge is 1.88. The average Bonchev–Trinajstić information content (AvgIpc) is 1.59. The van der Waals surface area contributed by atoms with Gasteiger partial charge in [-0.15, -0.1) is 0 Å². The Morgan fingerprint density at radius 1 is 1.00 bits per heavy atom. The molecule has 1 heteroatoms. The predicted molar refractivity (Wildman–Crippen MR) is 45.2 cm³/mol. The lowest BCUT2D eigenvalue weighted by atomic mass is 10.2. The first-order valence-corrected chi connectivity index (χ1v) is 3.10. The van der Waals surface area contributed by atoms with Gasteiger partial charge >= 0.3 is 0 Å². The lowest BCUT2D eigenvalue weighted by Gasteiger charge is -1.96. The first-order chi connectivity index (χ1) is 4.18. The second kappa shape index (κ2) is 3.35. The molecule has 0 atom stereocenters. The summed E-state index contributed by atoms with van der Waals surface area (Å²) in [6.45, 7) is 6.11. The molecule has 0 bridgehead atoms. The summed E-state index contributed by atoms with van der Waals surface area (Å²) in [5, 5.41) is 0. The molecule has 1 rings (SSSR count). The van der Waals surface area contributed by atoms with E-state index in [1.165, 1.54) is 5.56 Å². The van der Waals surface area contributed by atoms with Crippen LogP contribution in [0.15, 0.2) is 12.1 Å². The van der Waals surface area contributed by atoms with Crippen LogP contribution in [-0.4, -0.2) is 4.98 Å². The van der Waals surface area contributed by atoms with Crippen LogP contribution in [0.5, 0.6) is 0 Å². The third kappa shape index (κ3) is 2.18. The maximum Gasteiger partial charge on any atom is 0.0378 e. The molecule has 10 heavy (non-hydrogen) atoms. The van der Waals surface area contributed by atoms with Gasteiger partial charge in [-0.05, 0) is 38.5 Å². The van der Waals surface area contributed by atoms with Crippen molar-refractivity contribution in [3.05, 3.63) is 29.1 Å². The molecule has 1 heterocycles. The van der Waals surface area contributed by atoms with E-state index in [2.05, 4.69) is 24.0 Å². The molecular formula is C9H15N. The van der Waals surface area contributed by atoms with Crippen molar-refractivity contribution in [3.8, 4) is 0 Å². The average molecular weight is 137 g/mol. The van der Waals surface area contributed by atoms with E-state index in [1.54, 1.807) is 0 Å². The number of rotatable bonds is 0. The van der Waals surface area contributed by atoms with Crippen molar-refractivity contribution < 1.29 is 0 Å². The highest BCUT2D eigenvalue weighted by molar-refractivity contribution is 5.18. The molecule has 0 saturated carbocycles. The van der Waals surface area contributed by atoms with Gasteiger partial charge in [0.25, 0.3) is 0 Å². The normalized spacial score (nSPS) is 8.70. The molecule has 0 saturated heterocycles. The molecule has 0 aromatic carbocycles. The number of nitrogens with zero attached hydrogens (tertiary/aromatic N) is 1. The van der Waals surface area contributed by atoms with Crippen molar-refractivity contribution in [1.29, 1.82) is 0 Å². The van der Waals surface area contributed by atoms with Crippen LogP contribution in [0.4, 0.5) is 0 Å². The molecule has 0 aliphatic heterocycles. The number of aryl methyl sites for hydroxylation is 3. The smallest absolute Gasteiger partial charge is 0.0378 e. The fourth-order valence-electron chi connectivity index (χ4n) is 1.04. The Bertz CT molecular complexity index is 165.